The zero-order chi connectivity index (χ0) is 35.5. The molecule has 2 fully saturated rings. The molecule has 4 amide bonds. The van der Waals surface area contributed by atoms with E-state index in [2.05, 4.69) is 22.0 Å². The largest absolute Gasteiger partial charge is 0.357 e. The van der Waals surface area contributed by atoms with E-state index in [1.165, 1.54) is 12.1 Å². The minimum atomic E-state index is -0.977. The van der Waals surface area contributed by atoms with Gasteiger partial charge in [-0.2, -0.15) is 0 Å². The van der Waals surface area contributed by atoms with Crippen LogP contribution < -0.4 is 16.0 Å². The van der Waals surface area contributed by atoms with E-state index in [9.17, 15) is 23.6 Å². The maximum absolute atomic E-state index is 14.6. The molecule has 1 saturated carbocycles. The number of carbonyl (C=O) groups excluding carboxylic acids is 4. The third-order valence-corrected chi connectivity index (χ3v) is 10.6. The van der Waals surface area contributed by atoms with Gasteiger partial charge in [-0.05, 0) is 63.9 Å². The van der Waals surface area contributed by atoms with Crippen LogP contribution in [0.25, 0.3) is 10.8 Å². The van der Waals surface area contributed by atoms with Gasteiger partial charge >= 0.3 is 0 Å². The molecule has 2 heterocycles. The van der Waals surface area contributed by atoms with E-state index in [1.54, 1.807) is 29.0 Å². The third kappa shape index (κ3) is 8.18. The number of nitrogens with one attached hydrogen (secondary N) is 3. The predicted molar refractivity (Wildman–Crippen MR) is 200 cm³/mol. The Morgan fingerprint density at radius 3 is 2.29 bits per heavy atom. The molecule has 7 rings (SSSR count). The van der Waals surface area contributed by atoms with E-state index in [0.717, 1.165) is 40.3 Å². The van der Waals surface area contributed by atoms with Gasteiger partial charge in [0.2, 0.25) is 23.6 Å². The summed E-state index contributed by atoms with van der Waals surface area (Å²) in [6.07, 6.45) is 3.41. The molecule has 0 bridgehead atoms. The van der Waals surface area contributed by atoms with Gasteiger partial charge in [0.25, 0.3) is 0 Å². The molecular formula is C42H48FN5O4. The number of rotatable bonds is 11. The molecule has 52 heavy (non-hydrogen) atoms. The normalized spacial score (nSPS) is 19.6. The number of likely N-dealkylation sites (N-methyl/N-ethyl adjacent to an activating group) is 1. The number of nitrogens with zero attached hydrogens (tertiary/aromatic N) is 2. The first-order chi connectivity index (χ1) is 24.8. The lowest BCUT2D eigenvalue weighted by Crippen LogP contribution is -2.66. The molecule has 0 spiro atoms. The summed E-state index contributed by atoms with van der Waals surface area (Å²) in [5.41, 5.74) is 3.85. The van der Waals surface area contributed by atoms with Gasteiger partial charge in [-0.1, -0.05) is 99.1 Å². The monoisotopic (exact) mass is 705 g/mol. The summed E-state index contributed by atoms with van der Waals surface area (Å²) in [4.78, 5) is 59.5. The van der Waals surface area contributed by atoms with Gasteiger partial charge in [-0.15, -0.1) is 0 Å². The zero-order valence-corrected chi connectivity index (χ0v) is 28.8. The smallest absolute Gasteiger partial charge is 0.246 e. The molecule has 0 radical (unpaired) electrons. The van der Waals surface area contributed by atoms with Crippen LogP contribution in [0.3, 0.4) is 0 Å². The molecule has 0 aromatic heterocycles. The van der Waals surface area contributed by atoms with Gasteiger partial charge in [0, 0.05) is 39.5 Å². The molecule has 4 aromatic rings. The quantitative estimate of drug-likeness (QED) is 0.212. The Morgan fingerprint density at radius 1 is 0.865 bits per heavy atom. The van der Waals surface area contributed by atoms with Crippen LogP contribution in [0.5, 0.6) is 0 Å². The summed E-state index contributed by atoms with van der Waals surface area (Å²) in [5.74, 6) is -1.25. The second-order valence-corrected chi connectivity index (χ2v) is 14.1. The van der Waals surface area contributed by atoms with Crippen LogP contribution >= 0.6 is 0 Å². The lowest BCUT2D eigenvalue weighted by Gasteiger charge is -2.44. The summed E-state index contributed by atoms with van der Waals surface area (Å²) < 4.78 is 13.8. The second kappa shape index (κ2) is 16.1. The maximum Gasteiger partial charge on any atom is 0.246 e. The fourth-order valence-corrected chi connectivity index (χ4v) is 7.55. The number of fused-ring (bicyclic) bond motifs is 2. The first kappa shape index (κ1) is 36.7. The average molecular weight is 706 g/mol. The highest BCUT2D eigenvalue weighted by Crippen LogP contribution is 2.36. The van der Waals surface area contributed by atoms with Gasteiger partial charge in [-0.3, -0.25) is 19.2 Å². The maximum atomic E-state index is 14.6. The molecule has 9 nitrogen and oxygen atoms in total. The Hall–Kier alpha value is -5.09. The molecule has 10 heteroatoms. The number of benzene rings is 4. The summed E-state index contributed by atoms with van der Waals surface area (Å²) in [6.45, 7) is 0.935. The molecule has 4 aromatic carbocycles. The lowest BCUT2D eigenvalue weighted by atomic mass is 9.94. The Kier molecular flexibility index (Phi) is 11.3. The van der Waals surface area contributed by atoms with Crippen LogP contribution in [0, 0.1) is 11.7 Å². The van der Waals surface area contributed by atoms with Crippen molar-refractivity contribution in [2.75, 3.05) is 20.1 Å². The first-order valence-corrected chi connectivity index (χ1v) is 17.9. The number of amides is 4. The third-order valence-electron chi connectivity index (χ3n) is 10.6. The minimum absolute atomic E-state index is 0. The van der Waals surface area contributed by atoms with Gasteiger partial charge in [0.1, 0.15) is 23.9 Å². The number of halogens is 1. The van der Waals surface area contributed by atoms with E-state index >= 15 is 0 Å². The van der Waals surface area contributed by atoms with Crippen LogP contribution in [0.1, 0.15) is 48.9 Å². The van der Waals surface area contributed by atoms with Crippen molar-refractivity contribution in [3.05, 3.63) is 119 Å². The SMILES string of the molecule is C.CNC(=O)C(Cc1ccc2ccccc2c1)N1CCN(C(=O)C(Cc2ccc(F)cc2)NC(=O)C2Cc3ccccc3CN2)C(CC2CC2)C1=O. The van der Waals surface area contributed by atoms with E-state index < -0.39 is 30.0 Å². The van der Waals surface area contributed by atoms with Gasteiger partial charge in [0.15, 0.2) is 0 Å². The highest BCUT2D eigenvalue weighted by molar-refractivity contribution is 5.96. The summed E-state index contributed by atoms with van der Waals surface area (Å²) in [7, 11) is 1.57. The number of carbonyl (C=O) groups is 4. The molecule has 3 aliphatic rings. The second-order valence-electron chi connectivity index (χ2n) is 14.1. The van der Waals surface area contributed by atoms with Crippen molar-refractivity contribution in [2.45, 2.75) is 76.7 Å². The van der Waals surface area contributed by atoms with Crippen molar-refractivity contribution >= 4 is 34.4 Å². The van der Waals surface area contributed by atoms with Crippen molar-refractivity contribution in [1.82, 2.24) is 25.8 Å². The summed E-state index contributed by atoms with van der Waals surface area (Å²) >= 11 is 0. The minimum Gasteiger partial charge on any atom is -0.357 e. The average Bonchev–Trinajstić information content (AvgIpc) is 3.99. The highest BCUT2D eigenvalue weighted by Gasteiger charge is 2.45. The lowest BCUT2D eigenvalue weighted by molar-refractivity contribution is -0.157. The predicted octanol–water partition coefficient (Wildman–Crippen LogP) is 4.55. The fourth-order valence-electron chi connectivity index (χ4n) is 7.55. The topological polar surface area (TPSA) is 111 Å². The molecule has 272 valence electrons. The van der Waals surface area contributed by atoms with Crippen LogP contribution in [0.15, 0.2) is 91.0 Å². The van der Waals surface area contributed by atoms with E-state index in [0.29, 0.717) is 37.3 Å². The molecule has 2 aliphatic heterocycles. The molecule has 3 N–H and O–H groups in total. The Balaban J connectivity index is 0.00000464. The van der Waals surface area contributed by atoms with Crippen LogP contribution in [-0.4, -0.2) is 77.7 Å². The number of hydrogen-bond donors (Lipinski definition) is 3. The fraction of sp³-hybridized carbons (Fsp3) is 0.381. The Bertz CT molecular complexity index is 1930. The zero-order valence-electron chi connectivity index (χ0n) is 28.8. The molecule has 4 atom stereocenters. The Labute approximate surface area is 304 Å². The highest BCUT2D eigenvalue weighted by atomic mass is 19.1. The van der Waals surface area contributed by atoms with Crippen molar-refractivity contribution in [3.63, 3.8) is 0 Å². The van der Waals surface area contributed by atoms with E-state index in [4.69, 9.17) is 0 Å². The molecular weight excluding hydrogens is 657 g/mol. The standard InChI is InChI=1S/C41H44FN5O4.CH4/c1-43-39(49)36(23-28-12-15-29-6-2-3-7-30(29)20-28)46-18-19-47(37(41(46)51)22-27-10-11-27)40(50)35(21-26-13-16-33(42)17-14-26)45-38(48)34-24-31-8-4-5-9-32(31)25-44-34;/h2-9,12-17,20,27,34-37,44H,10-11,18-19,21-25H2,1H3,(H,43,49)(H,45,48);1H4. The Morgan fingerprint density at radius 2 is 1.56 bits per heavy atom. The molecule has 4 unspecified atom stereocenters. The summed E-state index contributed by atoms with van der Waals surface area (Å²) in [6, 6.07) is 24.9. The van der Waals surface area contributed by atoms with Crippen LogP contribution in [0.4, 0.5) is 4.39 Å². The number of piperazine rings is 1. The van der Waals surface area contributed by atoms with Crippen LogP contribution in [-0.2, 0) is 45.0 Å². The van der Waals surface area contributed by atoms with Crippen molar-refractivity contribution in [1.29, 1.82) is 0 Å². The summed E-state index contributed by atoms with van der Waals surface area (Å²) in [5, 5.41) is 11.2. The van der Waals surface area contributed by atoms with Crippen molar-refractivity contribution in [2.24, 2.45) is 5.92 Å². The van der Waals surface area contributed by atoms with E-state index in [-0.39, 0.29) is 50.6 Å². The first-order valence-electron chi connectivity index (χ1n) is 17.9. The van der Waals surface area contributed by atoms with Gasteiger partial charge < -0.3 is 25.8 Å². The molecule has 1 aliphatic carbocycles. The number of hydrogen-bond acceptors (Lipinski definition) is 5. The van der Waals surface area contributed by atoms with Gasteiger partial charge in [-0.25, -0.2) is 4.39 Å². The molecule has 1 saturated heterocycles. The van der Waals surface area contributed by atoms with Crippen molar-refractivity contribution < 1.29 is 23.6 Å². The van der Waals surface area contributed by atoms with Crippen LogP contribution in [0.2, 0.25) is 0 Å². The van der Waals surface area contributed by atoms with Crippen molar-refractivity contribution in [3.8, 4) is 0 Å². The van der Waals surface area contributed by atoms with Gasteiger partial charge in [0.05, 0.1) is 6.04 Å². The van der Waals surface area contributed by atoms with E-state index in [1.807, 2.05) is 60.7 Å².